The first-order valence-corrected chi connectivity index (χ1v) is 6.01. The van der Waals surface area contributed by atoms with Gasteiger partial charge in [-0.05, 0) is 32.4 Å². The van der Waals surface area contributed by atoms with Crippen LogP contribution in [0.4, 0.5) is 0 Å². The highest BCUT2D eigenvalue weighted by molar-refractivity contribution is 5.75. The minimum Gasteiger partial charge on any atom is -0.393 e. The van der Waals surface area contributed by atoms with Gasteiger partial charge in [0, 0.05) is 13.1 Å². The molecule has 1 aromatic heterocycles. The van der Waals surface area contributed by atoms with Crippen molar-refractivity contribution >= 4 is 11.0 Å². The average molecular weight is 234 g/mol. The van der Waals surface area contributed by atoms with Gasteiger partial charge in [-0.3, -0.25) is 9.13 Å². The summed E-state index contributed by atoms with van der Waals surface area (Å²) in [6.07, 6.45) is 0.211. The molecule has 1 unspecified atom stereocenters. The van der Waals surface area contributed by atoms with Crippen LogP contribution in [0.1, 0.15) is 20.3 Å². The van der Waals surface area contributed by atoms with E-state index in [-0.39, 0.29) is 11.8 Å². The van der Waals surface area contributed by atoms with Gasteiger partial charge < -0.3 is 5.11 Å². The molecule has 1 atom stereocenters. The van der Waals surface area contributed by atoms with Gasteiger partial charge in [0.05, 0.1) is 17.1 Å². The molecular weight excluding hydrogens is 216 g/mol. The Morgan fingerprint density at radius 2 is 1.82 bits per heavy atom. The zero-order chi connectivity index (χ0) is 12.4. The predicted octanol–water partition coefficient (Wildman–Crippen LogP) is 1.59. The van der Waals surface area contributed by atoms with E-state index in [9.17, 15) is 9.90 Å². The van der Waals surface area contributed by atoms with Crippen LogP contribution in [0.5, 0.6) is 0 Å². The highest BCUT2D eigenvalue weighted by atomic mass is 16.3. The highest BCUT2D eigenvalue weighted by Gasteiger charge is 2.11. The van der Waals surface area contributed by atoms with Crippen molar-refractivity contribution in [3.8, 4) is 0 Å². The van der Waals surface area contributed by atoms with Gasteiger partial charge in [0.25, 0.3) is 0 Å². The maximum atomic E-state index is 12.2. The summed E-state index contributed by atoms with van der Waals surface area (Å²) in [7, 11) is 0. The first-order chi connectivity index (χ1) is 8.15. The number of aliphatic hydroxyl groups excluding tert-OH is 1. The van der Waals surface area contributed by atoms with Crippen molar-refractivity contribution in [1.82, 2.24) is 9.13 Å². The third kappa shape index (κ3) is 2.13. The number of hydrogen-bond acceptors (Lipinski definition) is 2. The van der Waals surface area contributed by atoms with Gasteiger partial charge in [0.2, 0.25) is 0 Å². The fraction of sp³-hybridized carbons (Fsp3) is 0.462. The fourth-order valence-electron chi connectivity index (χ4n) is 2.11. The van der Waals surface area contributed by atoms with Crippen LogP contribution in [0.2, 0.25) is 0 Å². The largest absolute Gasteiger partial charge is 0.393 e. The molecule has 0 spiro atoms. The molecule has 0 aliphatic rings. The van der Waals surface area contributed by atoms with Gasteiger partial charge in [0.1, 0.15) is 0 Å². The van der Waals surface area contributed by atoms with Crippen LogP contribution in [-0.2, 0) is 13.1 Å². The van der Waals surface area contributed by atoms with E-state index in [0.29, 0.717) is 19.5 Å². The van der Waals surface area contributed by atoms with E-state index in [2.05, 4.69) is 0 Å². The maximum absolute atomic E-state index is 12.2. The molecule has 4 heteroatoms. The number of fused-ring (bicyclic) bond motifs is 1. The minimum absolute atomic E-state index is 0.00866. The van der Waals surface area contributed by atoms with Crippen LogP contribution in [0, 0.1) is 0 Å². The molecule has 2 rings (SSSR count). The second kappa shape index (κ2) is 4.75. The molecule has 0 bridgehead atoms. The zero-order valence-electron chi connectivity index (χ0n) is 10.3. The van der Waals surface area contributed by atoms with Crippen molar-refractivity contribution in [2.24, 2.45) is 0 Å². The summed E-state index contributed by atoms with van der Waals surface area (Å²) in [5.41, 5.74) is 1.92. The maximum Gasteiger partial charge on any atom is 0.329 e. The lowest BCUT2D eigenvalue weighted by Crippen LogP contribution is -2.24. The van der Waals surface area contributed by atoms with Crippen molar-refractivity contribution < 1.29 is 5.11 Å². The summed E-state index contributed by atoms with van der Waals surface area (Å²) >= 11 is 0. The van der Waals surface area contributed by atoms with E-state index in [0.717, 1.165) is 11.0 Å². The second-order valence-electron chi connectivity index (χ2n) is 4.30. The highest BCUT2D eigenvalue weighted by Crippen LogP contribution is 2.13. The van der Waals surface area contributed by atoms with Crippen LogP contribution >= 0.6 is 0 Å². The van der Waals surface area contributed by atoms with Gasteiger partial charge >= 0.3 is 5.69 Å². The number of imidazole rings is 1. The summed E-state index contributed by atoms with van der Waals surface area (Å²) in [4.78, 5) is 12.2. The van der Waals surface area contributed by atoms with Crippen molar-refractivity contribution in [2.45, 2.75) is 39.5 Å². The molecule has 1 heterocycles. The molecule has 0 saturated carbocycles. The van der Waals surface area contributed by atoms with Crippen LogP contribution in [-0.4, -0.2) is 20.3 Å². The van der Waals surface area contributed by atoms with Gasteiger partial charge in [-0.1, -0.05) is 12.1 Å². The SMILES string of the molecule is CCn1c(=O)n(CCC(C)O)c2ccccc21. The topological polar surface area (TPSA) is 47.2 Å². The zero-order valence-corrected chi connectivity index (χ0v) is 10.3. The Morgan fingerprint density at radius 1 is 1.24 bits per heavy atom. The molecule has 1 N–H and O–H groups in total. The average Bonchev–Trinajstić information content (AvgIpc) is 2.58. The van der Waals surface area contributed by atoms with Crippen LogP contribution in [0.15, 0.2) is 29.1 Å². The quantitative estimate of drug-likeness (QED) is 0.873. The molecule has 17 heavy (non-hydrogen) atoms. The summed E-state index contributed by atoms with van der Waals surface area (Å²) in [5.74, 6) is 0. The molecule has 0 amide bonds. The van der Waals surface area contributed by atoms with E-state index in [1.807, 2.05) is 31.2 Å². The molecule has 92 valence electrons. The lowest BCUT2D eigenvalue weighted by molar-refractivity contribution is 0.178. The number of para-hydroxylation sites is 2. The van der Waals surface area contributed by atoms with Crippen molar-refractivity contribution in [1.29, 1.82) is 0 Å². The van der Waals surface area contributed by atoms with Crippen molar-refractivity contribution in [3.05, 3.63) is 34.7 Å². The molecule has 0 aliphatic heterocycles. The number of aromatic nitrogens is 2. The number of aryl methyl sites for hydroxylation is 2. The van der Waals surface area contributed by atoms with E-state index >= 15 is 0 Å². The number of aliphatic hydroxyl groups is 1. The summed E-state index contributed by atoms with van der Waals surface area (Å²) in [5, 5.41) is 9.32. The molecular formula is C13H18N2O2. The Kier molecular flexibility index (Phi) is 3.33. The predicted molar refractivity (Wildman–Crippen MR) is 68.2 cm³/mol. The number of hydrogen-bond donors (Lipinski definition) is 1. The smallest absolute Gasteiger partial charge is 0.329 e. The standard InChI is InChI=1S/C13H18N2O2/c1-3-14-11-6-4-5-7-12(11)15(13(14)17)9-8-10(2)16/h4-7,10,16H,3,8-9H2,1-2H3. The first kappa shape index (κ1) is 11.9. The normalized spacial score (nSPS) is 13.1. The summed E-state index contributed by atoms with van der Waals surface area (Å²) < 4.78 is 3.50. The molecule has 0 aliphatic carbocycles. The Morgan fingerprint density at radius 3 is 2.35 bits per heavy atom. The summed E-state index contributed by atoms with van der Waals surface area (Å²) in [6.45, 7) is 4.93. The Hall–Kier alpha value is -1.55. The second-order valence-corrected chi connectivity index (χ2v) is 4.30. The van der Waals surface area contributed by atoms with Crippen LogP contribution < -0.4 is 5.69 Å². The third-order valence-corrected chi connectivity index (χ3v) is 3.01. The summed E-state index contributed by atoms with van der Waals surface area (Å²) in [6, 6.07) is 7.78. The Balaban J connectivity index is 2.54. The lowest BCUT2D eigenvalue weighted by atomic mass is 10.2. The Bertz CT molecular complexity index is 566. The fourth-order valence-corrected chi connectivity index (χ4v) is 2.11. The number of nitrogens with zero attached hydrogens (tertiary/aromatic N) is 2. The number of benzene rings is 1. The first-order valence-electron chi connectivity index (χ1n) is 6.01. The van der Waals surface area contributed by atoms with E-state index < -0.39 is 0 Å². The molecule has 0 fully saturated rings. The van der Waals surface area contributed by atoms with Gasteiger partial charge in [0.15, 0.2) is 0 Å². The minimum atomic E-state index is -0.384. The molecule has 2 aromatic rings. The van der Waals surface area contributed by atoms with Crippen molar-refractivity contribution in [2.75, 3.05) is 0 Å². The molecule has 0 radical (unpaired) electrons. The lowest BCUT2D eigenvalue weighted by Gasteiger charge is -2.05. The van der Waals surface area contributed by atoms with Gasteiger partial charge in [-0.25, -0.2) is 4.79 Å². The van der Waals surface area contributed by atoms with E-state index in [1.165, 1.54) is 0 Å². The monoisotopic (exact) mass is 234 g/mol. The van der Waals surface area contributed by atoms with Crippen LogP contribution in [0.25, 0.3) is 11.0 Å². The molecule has 4 nitrogen and oxygen atoms in total. The number of rotatable bonds is 4. The Labute approximate surface area is 100 Å². The van der Waals surface area contributed by atoms with E-state index in [4.69, 9.17) is 0 Å². The molecule has 1 aromatic carbocycles. The van der Waals surface area contributed by atoms with Gasteiger partial charge in [-0.2, -0.15) is 0 Å². The van der Waals surface area contributed by atoms with E-state index in [1.54, 1.807) is 16.1 Å². The van der Waals surface area contributed by atoms with Crippen LogP contribution in [0.3, 0.4) is 0 Å². The van der Waals surface area contributed by atoms with Crippen molar-refractivity contribution in [3.63, 3.8) is 0 Å². The third-order valence-electron chi connectivity index (χ3n) is 3.01. The van der Waals surface area contributed by atoms with Gasteiger partial charge in [-0.15, -0.1) is 0 Å². The molecule has 0 saturated heterocycles.